The molecule has 1 aromatic carbocycles. The van der Waals surface area contributed by atoms with Crippen molar-refractivity contribution in [3.8, 4) is 5.75 Å². The van der Waals surface area contributed by atoms with Gasteiger partial charge in [0.05, 0.1) is 4.47 Å². The van der Waals surface area contributed by atoms with Gasteiger partial charge in [-0.25, -0.2) is 0 Å². The lowest BCUT2D eigenvalue weighted by atomic mass is 9.92. The van der Waals surface area contributed by atoms with Crippen molar-refractivity contribution in [2.24, 2.45) is 11.8 Å². The van der Waals surface area contributed by atoms with Gasteiger partial charge < -0.3 is 14.7 Å². The quantitative estimate of drug-likeness (QED) is 0.892. The van der Waals surface area contributed by atoms with Gasteiger partial charge in [-0.05, 0) is 46.3 Å². The summed E-state index contributed by atoms with van der Waals surface area (Å²) in [5.74, 6) is 2.22. The van der Waals surface area contributed by atoms with Gasteiger partial charge >= 0.3 is 0 Å². The summed E-state index contributed by atoms with van der Waals surface area (Å²) in [5.41, 5.74) is 0. The lowest BCUT2D eigenvalue weighted by molar-refractivity contribution is 0.0427. The number of nitrogens with zero attached hydrogens (tertiary/aromatic N) is 1. The molecule has 0 unspecified atom stereocenters. The number of likely N-dealkylation sites (tertiary alicyclic amines) is 1. The molecule has 3 nitrogen and oxygen atoms in total. The molecule has 0 radical (unpaired) electrons. The molecule has 1 aliphatic rings. The Morgan fingerprint density at radius 2 is 1.95 bits per heavy atom. The molecular formula is C16H24BrNO2. The van der Waals surface area contributed by atoms with Gasteiger partial charge in [-0.2, -0.15) is 0 Å². The summed E-state index contributed by atoms with van der Waals surface area (Å²) in [6.45, 7) is 7.76. The number of benzene rings is 1. The normalized spacial score (nSPS) is 25.4. The van der Waals surface area contributed by atoms with Crippen LogP contribution >= 0.6 is 15.9 Å². The number of piperidine rings is 1. The van der Waals surface area contributed by atoms with Crippen molar-refractivity contribution < 1.29 is 9.84 Å². The van der Waals surface area contributed by atoms with Crippen LogP contribution in [0.1, 0.15) is 20.3 Å². The average Bonchev–Trinajstić information content (AvgIpc) is 2.36. The highest BCUT2D eigenvalue weighted by molar-refractivity contribution is 9.10. The zero-order valence-electron chi connectivity index (χ0n) is 12.3. The Hall–Kier alpha value is -0.580. The lowest BCUT2D eigenvalue weighted by Crippen LogP contribution is -2.44. The van der Waals surface area contributed by atoms with Crippen LogP contribution < -0.4 is 4.74 Å². The SMILES string of the molecule is C[C@@H]1C[C@@H](C)CN(C[C@@H](O)COc2ccccc2Br)C1. The average molecular weight is 342 g/mol. The number of β-amino-alcohol motifs (C(OH)–C–C–N with tert-alkyl or cyclic N) is 1. The van der Waals surface area contributed by atoms with E-state index in [1.165, 1.54) is 6.42 Å². The summed E-state index contributed by atoms with van der Waals surface area (Å²) in [5, 5.41) is 10.1. The van der Waals surface area contributed by atoms with E-state index in [4.69, 9.17) is 4.74 Å². The van der Waals surface area contributed by atoms with Crippen LogP contribution in [0.3, 0.4) is 0 Å². The van der Waals surface area contributed by atoms with Crippen molar-refractivity contribution in [2.75, 3.05) is 26.2 Å². The fourth-order valence-corrected chi connectivity index (χ4v) is 3.44. The number of hydrogen-bond acceptors (Lipinski definition) is 3. The molecule has 20 heavy (non-hydrogen) atoms. The second kappa shape index (κ2) is 7.43. The van der Waals surface area contributed by atoms with E-state index in [9.17, 15) is 5.11 Å². The monoisotopic (exact) mass is 341 g/mol. The molecule has 1 aromatic rings. The van der Waals surface area contributed by atoms with Gasteiger partial charge in [0.25, 0.3) is 0 Å². The minimum atomic E-state index is -0.445. The van der Waals surface area contributed by atoms with Crippen LogP contribution in [0.2, 0.25) is 0 Å². The van der Waals surface area contributed by atoms with Gasteiger partial charge in [-0.15, -0.1) is 0 Å². The fourth-order valence-electron chi connectivity index (χ4n) is 3.04. The van der Waals surface area contributed by atoms with Crippen LogP contribution in [0.5, 0.6) is 5.75 Å². The van der Waals surface area contributed by atoms with E-state index >= 15 is 0 Å². The standard InChI is InChI=1S/C16H24BrNO2/c1-12-7-13(2)9-18(8-12)10-14(19)11-20-16-6-4-3-5-15(16)17/h3-6,12-14,19H,7-11H2,1-2H3/t12-,13-,14-/m1/s1. The number of halogens is 1. The first kappa shape index (κ1) is 15.8. The maximum Gasteiger partial charge on any atom is 0.133 e. The highest BCUT2D eigenvalue weighted by Gasteiger charge is 2.23. The highest BCUT2D eigenvalue weighted by atomic mass is 79.9. The van der Waals surface area contributed by atoms with E-state index in [-0.39, 0.29) is 0 Å². The van der Waals surface area contributed by atoms with Gasteiger partial charge in [0.1, 0.15) is 18.5 Å². The van der Waals surface area contributed by atoms with Crippen molar-refractivity contribution in [3.05, 3.63) is 28.7 Å². The molecule has 1 N–H and O–H groups in total. The van der Waals surface area contributed by atoms with E-state index < -0.39 is 6.10 Å². The Balaban J connectivity index is 1.78. The van der Waals surface area contributed by atoms with E-state index in [2.05, 4.69) is 34.7 Å². The molecule has 1 fully saturated rings. The third-order valence-electron chi connectivity index (χ3n) is 3.68. The minimum absolute atomic E-state index is 0.335. The zero-order chi connectivity index (χ0) is 14.5. The first-order chi connectivity index (χ1) is 9.54. The van der Waals surface area contributed by atoms with Gasteiger partial charge in [-0.1, -0.05) is 26.0 Å². The maximum atomic E-state index is 10.1. The van der Waals surface area contributed by atoms with Crippen LogP contribution in [0.15, 0.2) is 28.7 Å². The summed E-state index contributed by atoms with van der Waals surface area (Å²) < 4.78 is 6.59. The molecule has 0 saturated carbocycles. The number of aliphatic hydroxyl groups is 1. The van der Waals surface area contributed by atoms with Gasteiger partial charge in [0, 0.05) is 19.6 Å². The van der Waals surface area contributed by atoms with Gasteiger partial charge in [0.2, 0.25) is 0 Å². The molecule has 0 aromatic heterocycles. The van der Waals surface area contributed by atoms with Crippen molar-refractivity contribution in [2.45, 2.75) is 26.4 Å². The molecule has 0 amide bonds. The highest BCUT2D eigenvalue weighted by Crippen LogP contribution is 2.24. The molecule has 112 valence electrons. The van der Waals surface area contributed by atoms with Crippen molar-refractivity contribution >= 4 is 15.9 Å². The molecular weight excluding hydrogens is 318 g/mol. The van der Waals surface area contributed by atoms with Crippen molar-refractivity contribution in [1.29, 1.82) is 0 Å². The summed E-state index contributed by atoms with van der Waals surface area (Å²) in [6, 6.07) is 7.72. The molecule has 0 bridgehead atoms. The van der Waals surface area contributed by atoms with Crippen LogP contribution in [0.25, 0.3) is 0 Å². The largest absolute Gasteiger partial charge is 0.490 e. The topological polar surface area (TPSA) is 32.7 Å². The lowest BCUT2D eigenvalue weighted by Gasteiger charge is -2.35. The third-order valence-corrected chi connectivity index (χ3v) is 4.34. The second-order valence-electron chi connectivity index (χ2n) is 6.06. The maximum absolute atomic E-state index is 10.1. The molecule has 2 rings (SSSR count). The predicted octanol–water partition coefficient (Wildman–Crippen LogP) is 3.17. The van der Waals surface area contributed by atoms with Crippen molar-refractivity contribution in [3.63, 3.8) is 0 Å². The minimum Gasteiger partial charge on any atom is -0.490 e. The fraction of sp³-hybridized carbons (Fsp3) is 0.625. The molecule has 0 spiro atoms. The third kappa shape index (κ3) is 4.76. The first-order valence-corrected chi connectivity index (χ1v) is 8.11. The number of hydrogen-bond donors (Lipinski definition) is 1. The number of aliphatic hydroxyl groups excluding tert-OH is 1. The van der Waals surface area contributed by atoms with E-state index in [0.717, 1.165) is 35.1 Å². The molecule has 4 heteroatoms. The van der Waals surface area contributed by atoms with Gasteiger partial charge in [0.15, 0.2) is 0 Å². The molecule has 1 aliphatic heterocycles. The molecule has 3 atom stereocenters. The van der Waals surface area contributed by atoms with Crippen LogP contribution in [0.4, 0.5) is 0 Å². The molecule has 1 saturated heterocycles. The number of ether oxygens (including phenoxy) is 1. The summed E-state index contributed by atoms with van der Waals surface area (Å²) in [4.78, 5) is 2.35. The smallest absolute Gasteiger partial charge is 0.133 e. The van der Waals surface area contributed by atoms with E-state index in [1.807, 2.05) is 24.3 Å². The molecule has 1 heterocycles. The number of rotatable bonds is 5. The Bertz CT molecular complexity index is 417. The van der Waals surface area contributed by atoms with Crippen molar-refractivity contribution in [1.82, 2.24) is 4.90 Å². The van der Waals surface area contributed by atoms with Crippen LogP contribution in [0, 0.1) is 11.8 Å². The number of para-hydroxylation sites is 1. The second-order valence-corrected chi connectivity index (χ2v) is 6.91. The summed E-state index contributed by atoms with van der Waals surface area (Å²) in [7, 11) is 0. The Morgan fingerprint density at radius 3 is 2.60 bits per heavy atom. The van der Waals surface area contributed by atoms with E-state index in [0.29, 0.717) is 13.2 Å². The Kier molecular flexibility index (Phi) is 5.87. The van der Waals surface area contributed by atoms with Crippen LogP contribution in [-0.4, -0.2) is 42.4 Å². The summed E-state index contributed by atoms with van der Waals surface area (Å²) >= 11 is 3.44. The Labute approximate surface area is 130 Å². The summed E-state index contributed by atoms with van der Waals surface area (Å²) in [6.07, 6.45) is 0.847. The first-order valence-electron chi connectivity index (χ1n) is 7.32. The van der Waals surface area contributed by atoms with Gasteiger partial charge in [-0.3, -0.25) is 0 Å². The zero-order valence-corrected chi connectivity index (χ0v) is 13.8. The predicted molar refractivity (Wildman–Crippen MR) is 85.0 cm³/mol. The molecule has 0 aliphatic carbocycles. The van der Waals surface area contributed by atoms with E-state index in [1.54, 1.807) is 0 Å². The Morgan fingerprint density at radius 1 is 1.30 bits per heavy atom. The van der Waals surface area contributed by atoms with Crippen LogP contribution in [-0.2, 0) is 0 Å².